The van der Waals surface area contributed by atoms with Gasteiger partial charge in [-0.1, -0.05) is 13.8 Å². The van der Waals surface area contributed by atoms with Crippen molar-refractivity contribution in [2.75, 3.05) is 12.3 Å². The number of hydrogen-bond donors (Lipinski definition) is 2. The lowest BCUT2D eigenvalue weighted by Gasteiger charge is -2.08. The summed E-state index contributed by atoms with van der Waals surface area (Å²) in [5.41, 5.74) is 7.85. The van der Waals surface area contributed by atoms with Crippen LogP contribution in [0.15, 0.2) is 36.8 Å². The van der Waals surface area contributed by atoms with Crippen molar-refractivity contribution in [3.63, 3.8) is 0 Å². The average Bonchev–Trinajstić information content (AvgIpc) is 2.47. The second-order valence-corrected chi connectivity index (χ2v) is 5.37. The van der Waals surface area contributed by atoms with Gasteiger partial charge in [0, 0.05) is 36.3 Å². The van der Waals surface area contributed by atoms with Gasteiger partial charge in [-0.3, -0.25) is 9.78 Å². The summed E-state index contributed by atoms with van der Waals surface area (Å²) in [6, 6.07) is 5.40. The quantitative estimate of drug-likeness (QED) is 0.884. The van der Waals surface area contributed by atoms with Crippen LogP contribution in [0.1, 0.15) is 30.6 Å². The molecule has 0 radical (unpaired) electrons. The van der Waals surface area contributed by atoms with E-state index >= 15 is 0 Å². The topological polar surface area (TPSA) is 80.9 Å². The van der Waals surface area contributed by atoms with Crippen molar-refractivity contribution in [2.45, 2.75) is 20.3 Å². The molecule has 0 saturated carbocycles. The highest BCUT2D eigenvalue weighted by Gasteiger charge is 2.08. The van der Waals surface area contributed by atoms with Crippen molar-refractivity contribution in [1.29, 1.82) is 0 Å². The summed E-state index contributed by atoms with van der Waals surface area (Å²) in [6.07, 6.45) is 5.91. The number of hydrogen-bond acceptors (Lipinski definition) is 4. The first-order chi connectivity index (χ1) is 10.1. The molecule has 0 atom stereocenters. The predicted octanol–water partition coefficient (Wildman–Crippen LogP) is 2.50. The molecular formula is C16H20N4O. The molecule has 3 N–H and O–H groups in total. The van der Waals surface area contributed by atoms with E-state index in [1.54, 1.807) is 24.7 Å². The Bertz CT molecular complexity index is 608. The van der Waals surface area contributed by atoms with E-state index < -0.39 is 0 Å². The number of nitrogens with zero attached hydrogens (tertiary/aromatic N) is 2. The van der Waals surface area contributed by atoms with Crippen LogP contribution in [0.4, 0.5) is 5.82 Å². The van der Waals surface area contributed by atoms with Gasteiger partial charge in [-0.15, -0.1) is 0 Å². The summed E-state index contributed by atoms with van der Waals surface area (Å²) in [6.45, 7) is 4.93. The number of amides is 1. The van der Waals surface area contributed by atoms with Crippen LogP contribution in [0.25, 0.3) is 11.1 Å². The Balaban J connectivity index is 2.10. The molecule has 21 heavy (non-hydrogen) atoms. The van der Waals surface area contributed by atoms with Crippen molar-refractivity contribution in [3.05, 3.63) is 42.4 Å². The minimum absolute atomic E-state index is 0.103. The van der Waals surface area contributed by atoms with Crippen LogP contribution in [0.3, 0.4) is 0 Å². The Morgan fingerprint density at radius 2 is 2.05 bits per heavy atom. The molecule has 0 spiro atoms. The lowest BCUT2D eigenvalue weighted by Crippen LogP contribution is -2.25. The van der Waals surface area contributed by atoms with Crippen LogP contribution in [0, 0.1) is 5.92 Å². The summed E-state index contributed by atoms with van der Waals surface area (Å²) < 4.78 is 0. The number of nitrogen functional groups attached to an aromatic ring is 1. The molecule has 0 aromatic carbocycles. The van der Waals surface area contributed by atoms with Crippen LogP contribution >= 0.6 is 0 Å². The lowest BCUT2D eigenvalue weighted by atomic mass is 10.1. The molecule has 5 nitrogen and oxygen atoms in total. The van der Waals surface area contributed by atoms with Crippen LogP contribution in [-0.2, 0) is 0 Å². The Morgan fingerprint density at radius 1 is 1.24 bits per heavy atom. The molecular weight excluding hydrogens is 264 g/mol. The second-order valence-electron chi connectivity index (χ2n) is 5.37. The zero-order valence-electron chi connectivity index (χ0n) is 12.3. The fraction of sp³-hybridized carbons (Fsp3) is 0.312. The van der Waals surface area contributed by atoms with Gasteiger partial charge >= 0.3 is 0 Å². The lowest BCUT2D eigenvalue weighted by molar-refractivity contribution is 0.0951. The third-order valence-corrected chi connectivity index (χ3v) is 3.13. The first-order valence-electron chi connectivity index (χ1n) is 7.01. The van der Waals surface area contributed by atoms with Crippen molar-refractivity contribution in [2.24, 2.45) is 5.92 Å². The van der Waals surface area contributed by atoms with Gasteiger partial charge in [-0.2, -0.15) is 0 Å². The molecule has 0 fully saturated rings. The van der Waals surface area contributed by atoms with E-state index in [9.17, 15) is 4.79 Å². The van der Waals surface area contributed by atoms with Crippen LogP contribution in [-0.4, -0.2) is 22.4 Å². The Kier molecular flexibility index (Phi) is 4.87. The molecule has 0 bridgehead atoms. The van der Waals surface area contributed by atoms with E-state index in [-0.39, 0.29) is 5.91 Å². The molecule has 0 saturated heterocycles. The number of aromatic nitrogens is 2. The maximum absolute atomic E-state index is 12.1. The summed E-state index contributed by atoms with van der Waals surface area (Å²) in [5.74, 6) is 0.929. The van der Waals surface area contributed by atoms with E-state index in [2.05, 4.69) is 29.1 Å². The highest BCUT2D eigenvalue weighted by atomic mass is 16.1. The molecule has 0 aliphatic carbocycles. The molecule has 0 aliphatic rings. The fourth-order valence-electron chi connectivity index (χ4n) is 1.87. The van der Waals surface area contributed by atoms with Crippen molar-refractivity contribution >= 4 is 11.7 Å². The van der Waals surface area contributed by atoms with Gasteiger partial charge in [-0.25, -0.2) is 4.98 Å². The van der Waals surface area contributed by atoms with Crippen molar-refractivity contribution < 1.29 is 4.79 Å². The Morgan fingerprint density at radius 3 is 2.71 bits per heavy atom. The number of pyridine rings is 2. The number of carbonyl (C=O) groups excluding carboxylic acids is 1. The highest BCUT2D eigenvalue weighted by molar-refractivity contribution is 5.95. The normalized spacial score (nSPS) is 10.6. The van der Waals surface area contributed by atoms with E-state index in [0.29, 0.717) is 23.8 Å². The number of nitrogens with one attached hydrogen (secondary N) is 1. The van der Waals surface area contributed by atoms with Crippen LogP contribution in [0.5, 0.6) is 0 Å². The van der Waals surface area contributed by atoms with Gasteiger partial charge in [0.25, 0.3) is 5.91 Å². The highest BCUT2D eigenvalue weighted by Crippen LogP contribution is 2.19. The second kappa shape index (κ2) is 6.83. The number of anilines is 1. The monoisotopic (exact) mass is 284 g/mol. The number of nitrogens with two attached hydrogens (primary N) is 1. The van der Waals surface area contributed by atoms with Gasteiger partial charge in [0.1, 0.15) is 5.82 Å². The SMILES string of the molecule is CC(C)CCNC(=O)c1cncc(-c2ccc(N)nc2)c1. The molecule has 2 aromatic heterocycles. The maximum atomic E-state index is 12.1. The minimum Gasteiger partial charge on any atom is -0.384 e. The van der Waals surface area contributed by atoms with Gasteiger partial charge in [-0.05, 0) is 30.5 Å². The summed E-state index contributed by atoms with van der Waals surface area (Å²) >= 11 is 0. The Hall–Kier alpha value is -2.43. The first kappa shape index (κ1) is 15.0. The molecule has 1 amide bonds. The van der Waals surface area contributed by atoms with E-state index in [4.69, 9.17) is 5.73 Å². The fourth-order valence-corrected chi connectivity index (χ4v) is 1.87. The largest absolute Gasteiger partial charge is 0.384 e. The molecule has 2 aromatic rings. The molecule has 2 heterocycles. The predicted molar refractivity (Wildman–Crippen MR) is 83.7 cm³/mol. The minimum atomic E-state index is -0.103. The summed E-state index contributed by atoms with van der Waals surface area (Å²) in [7, 11) is 0. The van der Waals surface area contributed by atoms with Crippen LogP contribution < -0.4 is 11.1 Å². The third kappa shape index (κ3) is 4.27. The van der Waals surface area contributed by atoms with E-state index in [0.717, 1.165) is 17.5 Å². The maximum Gasteiger partial charge on any atom is 0.252 e. The molecule has 5 heteroatoms. The average molecular weight is 284 g/mol. The Labute approximate surface area is 124 Å². The van der Waals surface area contributed by atoms with Crippen molar-refractivity contribution in [1.82, 2.24) is 15.3 Å². The summed E-state index contributed by atoms with van der Waals surface area (Å²) in [4.78, 5) is 20.3. The van der Waals surface area contributed by atoms with Crippen LogP contribution in [0.2, 0.25) is 0 Å². The molecule has 0 aliphatic heterocycles. The zero-order valence-corrected chi connectivity index (χ0v) is 12.3. The van der Waals surface area contributed by atoms with E-state index in [1.807, 2.05) is 12.1 Å². The van der Waals surface area contributed by atoms with Gasteiger partial charge in [0.2, 0.25) is 0 Å². The zero-order chi connectivity index (χ0) is 15.2. The van der Waals surface area contributed by atoms with Gasteiger partial charge in [0.15, 0.2) is 0 Å². The molecule has 0 unspecified atom stereocenters. The molecule has 2 rings (SSSR count). The first-order valence-corrected chi connectivity index (χ1v) is 7.01. The van der Waals surface area contributed by atoms with Gasteiger partial charge < -0.3 is 11.1 Å². The standard InChI is InChI=1S/C16H20N4O/c1-11(2)5-6-19-16(21)14-7-13(8-18-9-14)12-3-4-15(17)20-10-12/h3-4,7-11H,5-6H2,1-2H3,(H2,17,20)(H,19,21). The third-order valence-electron chi connectivity index (χ3n) is 3.13. The number of rotatable bonds is 5. The van der Waals surface area contributed by atoms with Gasteiger partial charge in [0.05, 0.1) is 5.56 Å². The smallest absolute Gasteiger partial charge is 0.252 e. The molecule has 110 valence electrons. The van der Waals surface area contributed by atoms with Crippen molar-refractivity contribution in [3.8, 4) is 11.1 Å². The number of carbonyl (C=O) groups is 1. The van der Waals surface area contributed by atoms with E-state index in [1.165, 1.54) is 0 Å². The summed E-state index contributed by atoms with van der Waals surface area (Å²) in [5, 5.41) is 2.90.